The maximum Gasteiger partial charge on any atom is 0.259 e. The third-order valence-corrected chi connectivity index (χ3v) is 4.48. The average Bonchev–Trinajstić information content (AvgIpc) is 3.33. The number of rotatable bonds is 4. The molecule has 0 aliphatic heterocycles. The summed E-state index contributed by atoms with van der Waals surface area (Å²) in [6.45, 7) is 1.99. The summed E-state index contributed by atoms with van der Waals surface area (Å²) in [6, 6.07) is 10.8. The normalized spacial score (nSPS) is 13.7. The number of aromatic nitrogens is 2. The van der Waals surface area contributed by atoms with Crippen molar-refractivity contribution in [3.63, 3.8) is 0 Å². The molecule has 1 aliphatic carbocycles. The Bertz CT molecular complexity index is 972. The van der Waals surface area contributed by atoms with E-state index in [1.165, 1.54) is 6.20 Å². The van der Waals surface area contributed by atoms with Crippen LogP contribution in [-0.2, 0) is 0 Å². The second-order valence-electron chi connectivity index (χ2n) is 6.53. The zero-order valence-electron chi connectivity index (χ0n) is 14.2. The number of hydrogen-bond donors (Lipinski definition) is 1. The Morgan fingerprint density at radius 1 is 1.15 bits per heavy atom. The lowest BCUT2D eigenvalue weighted by molar-refractivity contribution is 0.102. The van der Waals surface area contributed by atoms with E-state index < -0.39 is 17.5 Å². The molecule has 1 aromatic heterocycles. The summed E-state index contributed by atoms with van der Waals surface area (Å²) in [5.74, 6) is -1.63. The van der Waals surface area contributed by atoms with Crippen molar-refractivity contribution in [1.29, 1.82) is 0 Å². The third kappa shape index (κ3) is 3.10. The summed E-state index contributed by atoms with van der Waals surface area (Å²) in [5, 5.41) is 6.98. The van der Waals surface area contributed by atoms with Crippen LogP contribution in [0.1, 0.15) is 40.4 Å². The number of halogens is 2. The van der Waals surface area contributed by atoms with Crippen LogP contribution in [0.3, 0.4) is 0 Å². The van der Waals surface area contributed by atoms with Gasteiger partial charge in [0.25, 0.3) is 5.91 Å². The Morgan fingerprint density at radius 2 is 1.85 bits per heavy atom. The minimum Gasteiger partial charge on any atom is -0.322 e. The highest BCUT2D eigenvalue weighted by molar-refractivity contribution is 6.05. The first kappa shape index (κ1) is 16.4. The lowest BCUT2D eigenvalue weighted by Crippen LogP contribution is -2.14. The van der Waals surface area contributed by atoms with E-state index in [0.29, 0.717) is 5.56 Å². The molecule has 1 N–H and O–H groups in total. The molecule has 1 heterocycles. The Balaban J connectivity index is 1.71. The smallest absolute Gasteiger partial charge is 0.259 e. The number of amides is 1. The molecule has 0 atom stereocenters. The van der Waals surface area contributed by atoms with Gasteiger partial charge in [0.2, 0.25) is 0 Å². The monoisotopic (exact) mass is 353 g/mol. The van der Waals surface area contributed by atoms with Gasteiger partial charge in [0.1, 0.15) is 11.6 Å². The van der Waals surface area contributed by atoms with Crippen molar-refractivity contribution in [2.75, 3.05) is 5.32 Å². The third-order valence-electron chi connectivity index (χ3n) is 4.48. The van der Waals surface area contributed by atoms with Crippen LogP contribution >= 0.6 is 0 Å². The minimum atomic E-state index is -0.738. The van der Waals surface area contributed by atoms with Crippen molar-refractivity contribution >= 4 is 11.6 Å². The molecule has 0 saturated heterocycles. The number of anilines is 1. The summed E-state index contributed by atoms with van der Waals surface area (Å²) >= 11 is 0. The first-order valence-corrected chi connectivity index (χ1v) is 8.44. The summed E-state index contributed by atoms with van der Waals surface area (Å²) in [4.78, 5) is 12.7. The fraction of sp³-hybridized carbons (Fsp3) is 0.200. The largest absolute Gasteiger partial charge is 0.322 e. The molecule has 1 saturated carbocycles. The van der Waals surface area contributed by atoms with Gasteiger partial charge in [-0.05, 0) is 43.5 Å². The second-order valence-corrected chi connectivity index (χ2v) is 6.53. The Hall–Kier alpha value is -3.02. The van der Waals surface area contributed by atoms with Gasteiger partial charge in [-0.15, -0.1) is 0 Å². The maximum atomic E-state index is 13.4. The molecule has 1 aliphatic rings. The maximum absolute atomic E-state index is 13.4. The molecule has 4 nitrogen and oxygen atoms in total. The first-order valence-electron chi connectivity index (χ1n) is 8.44. The van der Waals surface area contributed by atoms with Crippen molar-refractivity contribution in [3.8, 4) is 5.69 Å². The first-order chi connectivity index (χ1) is 12.5. The number of aryl methyl sites for hydroxylation is 1. The minimum absolute atomic E-state index is 0.0814. The zero-order chi connectivity index (χ0) is 18.3. The van der Waals surface area contributed by atoms with Crippen LogP contribution in [0.5, 0.6) is 0 Å². The van der Waals surface area contributed by atoms with Gasteiger partial charge in [-0.2, -0.15) is 5.10 Å². The van der Waals surface area contributed by atoms with E-state index in [2.05, 4.69) is 10.4 Å². The van der Waals surface area contributed by atoms with Crippen LogP contribution in [-0.4, -0.2) is 15.7 Å². The predicted octanol–water partition coefficient (Wildman–Crippen LogP) is 4.59. The Kier molecular flexibility index (Phi) is 4.03. The molecular weight excluding hydrogens is 336 g/mol. The van der Waals surface area contributed by atoms with Crippen LogP contribution in [0.15, 0.2) is 48.7 Å². The Labute approximate surface area is 149 Å². The molecule has 6 heteroatoms. The van der Waals surface area contributed by atoms with Crippen molar-refractivity contribution in [2.45, 2.75) is 25.7 Å². The van der Waals surface area contributed by atoms with E-state index in [0.717, 1.165) is 48.0 Å². The molecule has 0 bridgehead atoms. The predicted molar refractivity (Wildman–Crippen MR) is 94.6 cm³/mol. The zero-order valence-corrected chi connectivity index (χ0v) is 14.2. The average molecular weight is 353 g/mol. The van der Waals surface area contributed by atoms with Crippen molar-refractivity contribution in [2.24, 2.45) is 0 Å². The number of para-hydroxylation sites is 1. The summed E-state index contributed by atoms with van der Waals surface area (Å²) in [6.07, 6.45) is 3.50. The lowest BCUT2D eigenvalue weighted by Gasteiger charge is -2.11. The number of carbonyl (C=O) groups is 1. The number of carbonyl (C=O) groups excluding carboxylic acids is 1. The number of nitrogens with zero attached hydrogens (tertiary/aromatic N) is 2. The highest BCUT2D eigenvalue weighted by Gasteiger charge is 2.33. The topological polar surface area (TPSA) is 46.9 Å². The van der Waals surface area contributed by atoms with E-state index in [-0.39, 0.29) is 11.6 Å². The second kappa shape index (κ2) is 6.37. The van der Waals surface area contributed by atoms with Gasteiger partial charge in [0.15, 0.2) is 0 Å². The van der Waals surface area contributed by atoms with E-state index in [9.17, 15) is 13.6 Å². The van der Waals surface area contributed by atoms with Crippen molar-refractivity contribution in [1.82, 2.24) is 9.78 Å². The van der Waals surface area contributed by atoms with E-state index in [4.69, 9.17) is 0 Å². The molecular formula is C20H17F2N3O. The van der Waals surface area contributed by atoms with E-state index >= 15 is 0 Å². The number of nitrogens with one attached hydrogen (secondary N) is 1. The van der Waals surface area contributed by atoms with Crippen LogP contribution in [0, 0.1) is 18.6 Å². The molecule has 0 spiro atoms. The Morgan fingerprint density at radius 3 is 2.50 bits per heavy atom. The molecule has 1 fully saturated rings. The molecule has 2 aromatic carbocycles. The van der Waals surface area contributed by atoms with Gasteiger partial charge in [-0.1, -0.05) is 18.2 Å². The SMILES string of the molecule is Cc1ccccc1-n1ncc(C(=O)Nc2cc(F)cc(F)c2)c1C1CC1. The van der Waals surface area contributed by atoms with Gasteiger partial charge in [-0.25, -0.2) is 13.5 Å². The quantitative estimate of drug-likeness (QED) is 0.746. The molecule has 0 unspecified atom stereocenters. The van der Waals surface area contributed by atoms with Gasteiger partial charge < -0.3 is 5.32 Å². The standard InChI is InChI=1S/C20H17F2N3O/c1-12-4-2-3-5-18(12)25-19(13-6-7-13)17(11-23-25)20(26)24-16-9-14(21)8-15(22)10-16/h2-5,8-11,13H,6-7H2,1H3,(H,24,26). The fourth-order valence-electron chi connectivity index (χ4n) is 3.10. The van der Waals surface area contributed by atoms with Gasteiger partial charge in [-0.3, -0.25) is 4.79 Å². The summed E-state index contributed by atoms with van der Waals surface area (Å²) in [5.41, 5.74) is 3.33. The van der Waals surface area contributed by atoms with E-state index in [1.807, 2.05) is 31.2 Å². The summed E-state index contributed by atoms with van der Waals surface area (Å²) < 4.78 is 28.5. The van der Waals surface area contributed by atoms with Crippen LogP contribution in [0.4, 0.5) is 14.5 Å². The van der Waals surface area contributed by atoms with Gasteiger partial charge >= 0.3 is 0 Å². The highest BCUT2D eigenvalue weighted by Crippen LogP contribution is 2.42. The van der Waals surface area contributed by atoms with Crippen LogP contribution in [0.25, 0.3) is 5.69 Å². The molecule has 4 rings (SSSR count). The van der Waals surface area contributed by atoms with Gasteiger partial charge in [0, 0.05) is 17.7 Å². The molecule has 3 aromatic rings. The number of benzene rings is 2. The molecule has 132 valence electrons. The number of hydrogen-bond acceptors (Lipinski definition) is 2. The summed E-state index contributed by atoms with van der Waals surface area (Å²) in [7, 11) is 0. The molecule has 26 heavy (non-hydrogen) atoms. The van der Waals surface area contributed by atoms with Crippen LogP contribution < -0.4 is 5.32 Å². The van der Waals surface area contributed by atoms with Crippen molar-refractivity contribution in [3.05, 3.63) is 77.1 Å². The van der Waals surface area contributed by atoms with Crippen LogP contribution in [0.2, 0.25) is 0 Å². The fourth-order valence-corrected chi connectivity index (χ4v) is 3.10. The molecule has 1 amide bonds. The van der Waals surface area contributed by atoms with Crippen molar-refractivity contribution < 1.29 is 13.6 Å². The molecule has 0 radical (unpaired) electrons. The lowest BCUT2D eigenvalue weighted by atomic mass is 10.1. The highest BCUT2D eigenvalue weighted by atomic mass is 19.1. The van der Waals surface area contributed by atoms with Gasteiger partial charge in [0.05, 0.1) is 23.1 Å². The van der Waals surface area contributed by atoms with E-state index in [1.54, 1.807) is 4.68 Å².